The normalized spacial score (nSPS) is 28.8. The maximum absolute atomic E-state index is 8.75. The van der Waals surface area contributed by atoms with Crippen molar-refractivity contribution in [2.24, 2.45) is 5.41 Å². The van der Waals surface area contributed by atoms with Gasteiger partial charge in [0.25, 0.3) is 0 Å². The lowest BCUT2D eigenvalue weighted by molar-refractivity contribution is -0.0348. The number of aliphatic hydroxyl groups is 1. The molecule has 1 spiro atoms. The molecule has 2 aliphatic rings. The summed E-state index contributed by atoms with van der Waals surface area (Å²) < 4.78 is 0. The lowest BCUT2D eigenvalue weighted by Crippen LogP contribution is -2.57. The first kappa shape index (κ1) is 8.52. The number of rotatable bonds is 2. The molecule has 2 heteroatoms. The fraction of sp³-hybridized carbons (Fsp3) is 1.00. The van der Waals surface area contributed by atoms with Crippen LogP contribution in [0.25, 0.3) is 0 Å². The van der Waals surface area contributed by atoms with Crippen molar-refractivity contribution in [3.8, 4) is 0 Å². The minimum atomic E-state index is 0.329. The van der Waals surface area contributed by atoms with E-state index in [1.807, 2.05) is 0 Å². The van der Waals surface area contributed by atoms with Gasteiger partial charge in [-0.05, 0) is 18.3 Å². The van der Waals surface area contributed by atoms with E-state index >= 15 is 0 Å². The Morgan fingerprint density at radius 3 is 2.33 bits per heavy atom. The molecule has 1 heterocycles. The number of likely N-dealkylation sites (tertiary alicyclic amines) is 1. The third kappa shape index (κ3) is 1.50. The Labute approximate surface area is 74.6 Å². The van der Waals surface area contributed by atoms with Crippen molar-refractivity contribution in [3.05, 3.63) is 0 Å². The summed E-state index contributed by atoms with van der Waals surface area (Å²) in [5, 5.41) is 8.75. The van der Waals surface area contributed by atoms with Crippen molar-refractivity contribution in [3.63, 3.8) is 0 Å². The first-order valence-electron chi connectivity index (χ1n) is 5.18. The highest BCUT2D eigenvalue weighted by molar-refractivity contribution is 4.96. The lowest BCUT2D eigenvalue weighted by atomic mass is 9.69. The second-order valence-corrected chi connectivity index (χ2v) is 4.49. The molecule has 0 radical (unpaired) electrons. The van der Waals surface area contributed by atoms with Gasteiger partial charge in [0.2, 0.25) is 0 Å². The Morgan fingerprint density at radius 1 is 1.08 bits per heavy atom. The molecule has 1 aliphatic carbocycles. The van der Waals surface area contributed by atoms with E-state index in [-0.39, 0.29) is 0 Å². The summed E-state index contributed by atoms with van der Waals surface area (Å²) >= 11 is 0. The van der Waals surface area contributed by atoms with Crippen LogP contribution in [0, 0.1) is 5.41 Å². The SMILES string of the molecule is OCCN1CC2(CCCCC2)C1. The summed E-state index contributed by atoms with van der Waals surface area (Å²) in [5.74, 6) is 0. The van der Waals surface area contributed by atoms with Gasteiger partial charge in [0.15, 0.2) is 0 Å². The van der Waals surface area contributed by atoms with Crippen molar-refractivity contribution in [2.75, 3.05) is 26.2 Å². The zero-order chi connectivity index (χ0) is 8.44. The summed E-state index contributed by atoms with van der Waals surface area (Å²) in [6.07, 6.45) is 7.20. The van der Waals surface area contributed by atoms with Crippen LogP contribution in [0.3, 0.4) is 0 Å². The molecular weight excluding hydrogens is 150 g/mol. The topological polar surface area (TPSA) is 23.5 Å². The van der Waals surface area contributed by atoms with Crippen LogP contribution in [0.4, 0.5) is 0 Å². The molecule has 0 aromatic rings. The molecule has 70 valence electrons. The number of hydrogen-bond acceptors (Lipinski definition) is 2. The Bertz CT molecular complexity index is 144. The lowest BCUT2D eigenvalue weighted by Gasteiger charge is -2.52. The van der Waals surface area contributed by atoms with E-state index in [0.29, 0.717) is 12.0 Å². The molecular formula is C10H19NO. The first-order valence-corrected chi connectivity index (χ1v) is 5.18. The smallest absolute Gasteiger partial charge is 0.0558 e. The molecule has 1 saturated carbocycles. The molecule has 2 fully saturated rings. The summed E-state index contributed by atoms with van der Waals surface area (Å²) in [7, 11) is 0. The van der Waals surface area contributed by atoms with Gasteiger partial charge in [-0.1, -0.05) is 19.3 Å². The average molecular weight is 169 g/mol. The second kappa shape index (κ2) is 3.35. The Balaban J connectivity index is 1.77. The van der Waals surface area contributed by atoms with Crippen LogP contribution in [0.5, 0.6) is 0 Å². The largest absolute Gasteiger partial charge is 0.395 e. The molecule has 1 aliphatic heterocycles. The Kier molecular flexibility index (Phi) is 2.37. The fourth-order valence-electron chi connectivity index (χ4n) is 2.82. The van der Waals surface area contributed by atoms with E-state index in [0.717, 1.165) is 6.54 Å². The maximum atomic E-state index is 8.75. The zero-order valence-electron chi connectivity index (χ0n) is 7.76. The summed E-state index contributed by atoms with van der Waals surface area (Å²) in [5.41, 5.74) is 0.688. The predicted octanol–water partition coefficient (Wildman–Crippen LogP) is 1.24. The number of aliphatic hydroxyl groups excluding tert-OH is 1. The van der Waals surface area contributed by atoms with E-state index in [1.54, 1.807) is 0 Å². The van der Waals surface area contributed by atoms with Gasteiger partial charge in [-0.25, -0.2) is 0 Å². The van der Waals surface area contributed by atoms with Crippen LogP contribution in [0.1, 0.15) is 32.1 Å². The minimum Gasteiger partial charge on any atom is -0.395 e. The van der Waals surface area contributed by atoms with Crippen molar-refractivity contribution >= 4 is 0 Å². The highest BCUT2D eigenvalue weighted by Crippen LogP contribution is 2.43. The van der Waals surface area contributed by atoms with Gasteiger partial charge in [0, 0.05) is 19.6 Å². The van der Waals surface area contributed by atoms with E-state index in [9.17, 15) is 0 Å². The second-order valence-electron chi connectivity index (χ2n) is 4.49. The third-order valence-electron chi connectivity index (χ3n) is 3.45. The van der Waals surface area contributed by atoms with Gasteiger partial charge < -0.3 is 5.11 Å². The molecule has 0 bridgehead atoms. The van der Waals surface area contributed by atoms with Crippen molar-refractivity contribution in [1.29, 1.82) is 0 Å². The Hall–Kier alpha value is -0.0800. The van der Waals surface area contributed by atoms with Crippen molar-refractivity contribution in [2.45, 2.75) is 32.1 Å². The van der Waals surface area contributed by atoms with Gasteiger partial charge in [-0.15, -0.1) is 0 Å². The van der Waals surface area contributed by atoms with Gasteiger partial charge in [0.1, 0.15) is 0 Å². The molecule has 2 rings (SSSR count). The van der Waals surface area contributed by atoms with Crippen LogP contribution >= 0.6 is 0 Å². The molecule has 0 aromatic heterocycles. The number of nitrogens with zero attached hydrogens (tertiary/aromatic N) is 1. The molecule has 0 amide bonds. The number of β-amino-alcohol motifs (C(OH)–C–C–N with tert-alkyl or cyclic N) is 1. The van der Waals surface area contributed by atoms with Crippen LogP contribution in [-0.2, 0) is 0 Å². The molecule has 2 nitrogen and oxygen atoms in total. The minimum absolute atomic E-state index is 0.329. The highest BCUT2D eigenvalue weighted by atomic mass is 16.3. The quantitative estimate of drug-likeness (QED) is 0.672. The predicted molar refractivity (Wildman–Crippen MR) is 49.0 cm³/mol. The van der Waals surface area contributed by atoms with Crippen LogP contribution in [-0.4, -0.2) is 36.2 Å². The molecule has 12 heavy (non-hydrogen) atoms. The number of hydrogen-bond donors (Lipinski definition) is 1. The molecule has 0 aromatic carbocycles. The zero-order valence-corrected chi connectivity index (χ0v) is 7.76. The fourth-order valence-corrected chi connectivity index (χ4v) is 2.82. The molecule has 0 atom stereocenters. The van der Waals surface area contributed by atoms with Crippen molar-refractivity contribution in [1.82, 2.24) is 4.90 Å². The van der Waals surface area contributed by atoms with Crippen LogP contribution < -0.4 is 0 Å². The summed E-state index contributed by atoms with van der Waals surface area (Å²) in [6, 6.07) is 0. The highest BCUT2D eigenvalue weighted by Gasteiger charge is 2.42. The monoisotopic (exact) mass is 169 g/mol. The van der Waals surface area contributed by atoms with E-state index in [2.05, 4.69) is 4.90 Å². The van der Waals surface area contributed by atoms with E-state index in [1.165, 1.54) is 45.2 Å². The standard InChI is InChI=1S/C10H19NO/c12-7-6-11-8-10(9-11)4-2-1-3-5-10/h12H,1-9H2. The first-order chi connectivity index (χ1) is 5.85. The van der Waals surface area contributed by atoms with Gasteiger partial charge >= 0.3 is 0 Å². The maximum Gasteiger partial charge on any atom is 0.0558 e. The molecule has 1 N–H and O–H groups in total. The van der Waals surface area contributed by atoms with Gasteiger partial charge in [0.05, 0.1) is 6.61 Å². The van der Waals surface area contributed by atoms with Crippen LogP contribution in [0.2, 0.25) is 0 Å². The summed E-state index contributed by atoms with van der Waals surface area (Å²) in [4.78, 5) is 2.38. The average Bonchev–Trinajstić information content (AvgIpc) is 2.04. The summed E-state index contributed by atoms with van der Waals surface area (Å²) in [6.45, 7) is 3.74. The third-order valence-corrected chi connectivity index (χ3v) is 3.45. The van der Waals surface area contributed by atoms with Crippen molar-refractivity contribution < 1.29 is 5.11 Å². The Morgan fingerprint density at radius 2 is 1.75 bits per heavy atom. The van der Waals surface area contributed by atoms with E-state index < -0.39 is 0 Å². The molecule has 0 unspecified atom stereocenters. The van der Waals surface area contributed by atoms with Gasteiger partial charge in [-0.2, -0.15) is 0 Å². The van der Waals surface area contributed by atoms with Crippen LogP contribution in [0.15, 0.2) is 0 Å². The molecule has 1 saturated heterocycles. The van der Waals surface area contributed by atoms with E-state index in [4.69, 9.17) is 5.11 Å². The van der Waals surface area contributed by atoms with Gasteiger partial charge in [-0.3, -0.25) is 4.90 Å².